The van der Waals surface area contributed by atoms with Crippen LogP contribution in [0.15, 0.2) is 18.2 Å². The van der Waals surface area contributed by atoms with Crippen LogP contribution in [0.1, 0.15) is 0 Å². The van der Waals surface area contributed by atoms with Crippen LogP contribution in [0.5, 0.6) is 5.75 Å². The van der Waals surface area contributed by atoms with Crippen LogP contribution in [-0.4, -0.2) is 12.0 Å². The number of nitrogens with zero attached hydrogens (tertiary/aromatic N) is 1. The van der Waals surface area contributed by atoms with Gasteiger partial charge in [0.05, 0.1) is 6.07 Å². The van der Waals surface area contributed by atoms with E-state index in [0.29, 0.717) is 0 Å². The molecule has 0 amide bonds. The second-order valence-electron chi connectivity index (χ2n) is 2.48. The summed E-state index contributed by atoms with van der Waals surface area (Å²) in [5.74, 6) is -1.54. The van der Waals surface area contributed by atoms with E-state index in [2.05, 4.69) is 0 Å². The van der Waals surface area contributed by atoms with E-state index in [1.54, 1.807) is 6.07 Å². The molecule has 1 aromatic rings. The summed E-state index contributed by atoms with van der Waals surface area (Å²) in [6, 6.07) is 4.51. The number of hydrogen-bond acceptors (Lipinski definition) is 2. The van der Waals surface area contributed by atoms with Crippen LogP contribution >= 0.6 is 11.6 Å². The van der Waals surface area contributed by atoms with Gasteiger partial charge in [-0.1, -0.05) is 0 Å². The number of benzene rings is 1. The third-order valence-electron chi connectivity index (χ3n) is 1.42. The fourth-order valence-electron chi connectivity index (χ4n) is 0.788. The molecule has 2 nitrogen and oxygen atoms in total. The zero-order chi connectivity index (χ0) is 10.6. The monoisotopic (exact) mass is 217 g/mol. The van der Waals surface area contributed by atoms with Crippen molar-refractivity contribution in [1.82, 2.24) is 0 Å². The van der Waals surface area contributed by atoms with Gasteiger partial charge in [0.15, 0.2) is 16.9 Å². The second kappa shape index (κ2) is 4.77. The zero-order valence-corrected chi connectivity index (χ0v) is 7.76. The molecule has 0 heterocycles. The van der Waals surface area contributed by atoms with E-state index in [9.17, 15) is 8.78 Å². The first-order valence-corrected chi connectivity index (χ1v) is 4.18. The number of rotatable bonds is 3. The van der Waals surface area contributed by atoms with E-state index in [1.807, 2.05) is 0 Å². The quantitative estimate of drug-likeness (QED) is 0.729. The maximum Gasteiger partial charge on any atom is 0.165 e. The Hall–Kier alpha value is -1.34. The third kappa shape index (κ3) is 2.86. The number of ether oxygens (including phenoxy) is 1. The minimum atomic E-state index is -0.877. The van der Waals surface area contributed by atoms with Crippen molar-refractivity contribution in [3.8, 4) is 11.8 Å². The van der Waals surface area contributed by atoms with Crippen molar-refractivity contribution in [3.63, 3.8) is 0 Å². The molecule has 0 aliphatic carbocycles. The molecule has 0 saturated heterocycles. The zero-order valence-electron chi connectivity index (χ0n) is 7.01. The number of nitriles is 1. The molecule has 1 aromatic carbocycles. The first-order valence-electron chi connectivity index (χ1n) is 3.75. The molecule has 1 unspecified atom stereocenters. The average molecular weight is 218 g/mol. The van der Waals surface area contributed by atoms with Crippen LogP contribution in [-0.2, 0) is 0 Å². The summed E-state index contributed by atoms with van der Waals surface area (Å²) < 4.78 is 30.3. The summed E-state index contributed by atoms with van der Waals surface area (Å²) in [4.78, 5) is 0. The molecule has 0 bridgehead atoms. The van der Waals surface area contributed by atoms with Crippen molar-refractivity contribution >= 4 is 11.6 Å². The Kier molecular flexibility index (Phi) is 3.66. The molecular formula is C9H6ClF2NO. The average Bonchev–Trinajstić information content (AvgIpc) is 2.19. The summed E-state index contributed by atoms with van der Waals surface area (Å²) >= 11 is 5.40. The maximum absolute atomic E-state index is 12.9. The Bertz CT molecular complexity index is 364. The van der Waals surface area contributed by atoms with Gasteiger partial charge in [0.1, 0.15) is 12.4 Å². The molecule has 14 heavy (non-hydrogen) atoms. The molecule has 0 aromatic heterocycles. The maximum atomic E-state index is 12.9. The first-order chi connectivity index (χ1) is 6.63. The Morgan fingerprint density at radius 2 is 2.21 bits per heavy atom. The number of hydrogen-bond donors (Lipinski definition) is 0. The molecule has 5 heteroatoms. The highest BCUT2D eigenvalue weighted by Gasteiger charge is 2.08. The van der Waals surface area contributed by atoms with Crippen molar-refractivity contribution in [3.05, 3.63) is 29.8 Å². The Morgan fingerprint density at radius 1 is 1.50 bits per heavy atom. The van der Waals surface area contributed by atoms with Gasteiger partial charge in [0, 0.05) is 6.07 Å². The van der Waals surface area contributed by atoms with Gasteiger partial charge in [0.25, 0.3) is 0 Å². The van der Waals surface area contributed by atoms with Crippen LogP contribution in [0.2, 0.25) is 0 Å². The number of halogens is 3. The van der Waals surface area contributed by atoms with E-state index in [-0.39, 0.29) is 12.4 Å². The van der Waals surface area contributed by atoms with Crippen molar-refractivity contribution < 1.29 is 13.5 Å². The van der Waals surface area contributed by atoms with Gasteiger partial charge in [0.2, 0.25) is 0 Å². The highest BCUT2D eigenvalue weighted by atomic mass is 35.5. The SMILES string of the molecule is N#CC(Cl)COc1cc(F)ccc1F. The van der Waals surface area contributed by atoms with Gasteiger partial charge in [-0.15, -0.1) is 11.6 Å². The molecule has 1 rings (SSSR count). The van der Waals surface area contributed by atoms with Gasteiger partial charge in [-0.05, 0) is 12.1 Å². The summed E-state index contributed by atoms with van der Waals surface area (Å²) in [7, 11) is 0. The second-order valence-corrected chi connectivity index (χ2v) is 3.01. The summed E-state index contributed by atoms with van der Waals surface area (Å²) in [6.07, 6.45) is 0. The fourth-order valence-corrected chi connectivity index (χ4v) is 0.851. The van der Waals surface area contributed by atoms with Crippen molar-refractivity contribution in [1.29, 1.82) is 5.26 Å². The normalized spacial score (nSPS) is 11.9. The van der Waals surface area contributed by atoms with Crippen LogP contribution < -0.4 is 4.74 Å². The van der Waals surface area contributed by atoms with E-state index >= 15 is 0 Å². The topological polar surface area (TPSA) is 33.0 Å². The predicted molar refractivity (Wildman–Crippen MR) is 47.1 cm³/mol. The highest BCUT2D eigenvalue weighted by molar-refractivity contribution is 6.22. The lowest BCUT2D eigenvalue weighted by molar-refractivity contribution is 0.309. The Labute approximate surface area is 84.7 Å². The molecule has 0 saturated carbocycles. The largest absolute Gasteiger partial charge is 0.488 e. The number of alkyl halides is 1. The van der Waals surface area contributed by atoms with Crippen LogP contribution in [0, 0.1) is 23.0 Å². The summed E-state index contributed by atoms with van der Waals surface area (Å²) in [5, 5.41) is 7.43. The minimum Gasteiger partial charge on any atom is -0.488 e. The molecule has 0 fully saturated rings. The van der Waals surface area contributed by atoms with Crippen molar-refractivity contribution in [2.24, 2.45) is 0 Å². The van der Waals surface area contributed by atoms with Crippen LogP contribution in [0.4, 0.5) is 8.78 Å². The standard InChI is InChI=1S/C9H6ClF2NO/c10-6(4-13)5-14-9-3-7(11)1-2-8(9)12/h1-3,6H,5H2. The van der Waals surface area contributed by atoms with Gasteiger partial charge < -0.3 is 4.74 Å². The minimum absolute atomic E-state index is 0.182. The summed E-state index contributed by atoms with van der Waals surface area (Å²) in [5.41, 5.74) is 0. The molecule has 0 N–H and O–H groups in total. The molecule has 0 radical (unpaired) electrons. The highest BCUT2D eigenvalue weighted by Crippen LogP contribution is 2.18. The smallest absolute Gasteiger partial charge is 0.165 e. The molecule has 0 spiro atoms. The fraction of sp³-hybridized carbons (Fsp3) is 0.222. The third-order valence-corrected chi connectivity index (χ3v) is 1.64. The molecule has 1 atom stereocenters. The first kappa shape index (κ1) is 10.7. The van der Waals surface area contributed by atoms with Gasteiger partial charge in [-0.3, -0.25) is 0 Å². The van der Waals surface area contributed by atoms with E-state index in [1.165, 1.54) is 0 Å². The Morgan fingerprint density at radius 3 is 2.86 bits per heavy atom. The lowest BCUT2D eigenvalue weighted by Gasteiger charge is -2.06. The van der Waals surface area contributed by atoms with Crippen molar-refractivity contribution in [2.45, 2.75) is 5.38 Å². The lowest BCUT2D eigenvalue weighted by Crippen LogP contribution is -2.10. The van der Waals surface area contributed by atoms with E-state index in [0.717, 1.165) is 18.2 Å². The van der Waals surface area contributed by atoms with Gasteiger partial charge >= 0.3 is 0 Å². The Balaban J connectivity index is 2.67. The van der Waals surface area contributed by atoms with Gasteiger partial charge in [-0.2, -0.15) is 5.26 Å². The predicted octanol–water partition coefficient (Wildman–Crippen LogP) is 2.47. The van der Waals surface area contributed by atoms with Crippen molar-refractivity contribution in [2.75, 3.05) is 6.61 Å². The molecule has 0 aliphatic rings. The summed E-state index contributed by atoms with van der Waals surface area (Å²) in [6.45, 7) is -0.182. The molecule has 0 aliphatic heterocycles. The van der Waals surface area contributed by atoms with Crippen LogP contribution in [0.3, 0.4) is 0 Å². The van der Waals surface area contributed by atoms with Crippen LogP contribution in [0.25, 0.3) is 0 Å². The molecule has 74 valence electrons. The van der Waals surface area contributed by atoms with Gasteiger partial charge in [-0.25, -0.2) is 8.78 Å². The van der Waals surface area contributed by atoms with E-state index < -0.39 is 17.0 Å². The van der Waals surface area contributed by atoms with E-state index in [4.69, 9.17) is 21.6 Å². The molecular weight excluding hydrogens is 212 g/mol. The lowest BCUT2D eigenvalue weighted by atomic mass is 10.3.